The number of rotatable bonds is 3. The van der Waals surface area contributed by atoms with Gasteiger partial charge in [-0.05, 0) is 25.7 Å². The predicted molar refractivity (Wildman–Crippen MR) is 60.6 cm³/mol. The molecule has 1 aliphatic rings. The van der Waals surface area contributed by atoms with E-state index in [0.717, 1.165) is 25.7 Å². The molecule has 0 unspecified atom stereocenters. The predicted octanol–water partition coefficient (Wildman–Crippen LogP) is 1.10. The summed E-state index contributed by atoms with van der Waals surface area (Å²) in [4.78, 5) is 17.7. The minimum absolute atomic E-state index is 0.116. The van der Waals surface area contributed by atoms with Crippen molar-refractivity contribution in [3.8, 4) is 0 Å². The lowest BCUT2D eigenvalue weighted by Gasteiger charge is -2.25. The van der Waals surface area contributed by atoms with Crippen LogP contribution >= 0.6 is 0 Å². The van der Waals surface area contributed by atoms with Crippen LogP contribution in [0.3, 0.4) is 0 Å². The molecule has 7 nitrogen and oxygen atoms in total. The Kier molecular flexibility index (Phi) is 3.48. The molecule has 1 aliphatic carbocycles. The highest BCUT2D eigenvalue weighted by atomic mass is 16.6. The SMILES string of the molecule is O=[N+]([O-])c1cnc(NC2CCC(O)CC2)nc1. The molecular weight excluding hydrogens is 224 g/mol. The first-order valence-corrected chi connectivity index (χ1v) is 5.56. The van der Waals surface area contributed by atoms with Crippen molar-refractivity contribution < 1.29 is 10.0 Å². The van der Waals surface area contributed by atoms with Crippen molar-refractivity contribution in [3.05, 3.63) is 22.5 Å². The van der Waals surface area contributed by atoms with Crippen LogP contribution in [0.5, 0.6) is 0 Å². The van der Waals surface area contributed by atoms with Gasteiger partial charge in [0.05, 0.1) is 11.0 Å². The monoisotopic (exact) mass is 238 g/mol. The zero-order valence-corrected chi connectivity index (χ0v) is 9.24. The fourth-order valence-corrected chi connectivity index (χ4v) is 1.89. The standard InChI is InChI=1S/C10H14N4O3/c15-9-3-1-7(2-4-9)13-10-11-5-8(6-12-10)14(16)17/h5-7,9,15H,1-4H2,(H,11,12,13). The third kappa shape index (κ3) is 3.10. The van der Waals surface area contributed by atoms with Gasteiger partial charge in [0.2, 0.25) is 5.95 Å². The third-order valence-electron chi connectivity index (χ3n) is 2.88. The molecule has 0 atom stereocenters. The summed E-state index contributed by atoms with van der Waals surface area (Å²) < 4.78 is 0. The van der Waals surface area contributed by atoms with Gasteiger partial charge in [0, 0.05) is 6.04 Å². The Morgan fingerprint density at radius 1 is 1.29 bits per heavy atom. The van der Waals surface area contributed by atoms with Crippen LogP contribution in [0.15, 0.2) is 12.4 Å². The Morgan fingerprint density at radius 3 is 2.41 bits per heavy atom. The van der Waals surface area contributed by atoms with Gasteiger partial charge in [0.15, 0.2) is 0 Å². The van der Waals surface area contributed by atoms with E-state index < -0.39 is 4.92 Å². The first-order chi connectivity index (χ1) is 8.15. The summed E-state index contributed by atoms with van der Waals surface area (Å²) in [6, 6.07) is 0.236. The van der Waals surface area contributed by atoms with Crippen LogP contribution in [0.4, 0.5) is 11.6 Å². The van der Waals surface area contributed by atoms with Crippen LogP contribution < -0.4 is 5.32 Å². The van der Waals surface area contributed by atoms with E-state index in [2.05, 4.69) is 15.3 Å². The molecule has 0 saturated heterocycles. The van der Waals surface area contributed by atoms with Gasteiger partial charge in [0.25, 0.3) is 0 Å². The number of aliphatic hydroxyl groups is 1. The average molecular weight is 238 g/mol. The smallest absolute Gasteiger partial charge is 0.305 e. The van der Waals surface area contributed by atoms with Gasteiger partial charge < -0.3 is 10.4 Å². The Bertz CT molecular complexity index is 387. The third-order valence-corrected chi connectivity index (χ3v) is 2.88. The number of aromatic nitrogens is 2. The lowest BCUT2D eigenvalue weighted by Crippen LogP contribution is -2.28. The highest BCUT2D eigenvalue weighted by molar-refractivity contribution is 5.31. The molecule has 17 heavy (non-hydrogen) atoms. The van der Waals surface area contributed by atoms with E-state index in [4.69, 9.17) is 0 Å². The van der Waals surface area contributed by atoms with Crippen molar-refractivity contribution in [2.24, 2.45) is 0 Å². The molecule has 0 radical (unpaired) electrons. The lowest BCUT2D eigenvalue weighted by atomic mass is 9.93. The van der Waals surface area contributed by atoms with Crippen molar-refractivity contribution in [1.82, 2.24) is 9.97 Å². The summed E-state index contributed by atoms with van der Waals surface area (Å²) in [7, 11) is 0. The normalized spacial score (nSPS) is 24.3. The molecule has 7 heteroatoms. The molecule has 0 spiro atoms. The number of nitrogens with zero attached hydrogens (tertiary/aromatic N) is 3. The maximum absolute atomic E-state index is 10.4. The Balaban J connectivity index is 1.92. The second-order valence-corrected chi connectivity index (χ2v) is 4.17. The summed E-state index contributed by atoms with van der Waals surface area (Å²) in [6.07, 6.45) is 5.43. The highest BCUT2D eigenvalue weighted by Gasteiger charge is 2.19. The second kappa shape index (κ2) is 5.05. The zero-order chi connectivity index (χ0) is 12.3. The first kappa shape index (κ1) is 11.7. The van der Waals surface area contributed by atoms with E-state index in [9.17, 15) is 15.2 Å². The quantitative estimate of drug-likeness (QED) is 0.604. The average Bonchev–Trinajstić information content (AvgIpc) is 2.33. The number of aliphatic hydroxyl groups excluding tert-OH is 1. The molecule has 1 fully saturated rings. The molecule has 1 heterocycles. The van der Waals surface area contributed by atoms with Crippen LogP contribution in [0.25, 0.3) is 0 Å². The molecule has 0 aliphatic heterocycles. The molecule has 1 aromatic rings. The summed E-state index contributed by atoms with van der Waals surface area (Å²) in [6.45, 7) is 0. The maximum Gasteiger partial charge on any atom is 0.305 e. The van der Waals surface area contributed by atoms with Crippen LogP contribution in [0.2, 0.25) is 0 Å². The van der Waals surface area contributed by atoms with Gasteiger partial charge in [0.1, 0.15) is 12.4 Å². The van der Waals surface area contributed by atoms with E-state index in [0.29, 0.717) is 5.95 Å². The number of nitrogens with one attached hydrogen (secondary N) is 1. The molecule has 1 aromatic heterocycles. The Morgan fingerprint density at radius 2 is 1.88 bits per heavy atom. The summed E-state index contributed by atoms with van der Waals surface area (Å²) in [5.74, 6) is 0.400. The van der Waals surface area contributed by atoms with Crippen molar-refractivity contribution in [2.45, 2.75) is 37.8 Å². The Labute approximate surface area is 98.1 Å². The van der Waals surface area contributed by atoms with Crippen LogP contribution in [-0.2, 0) is 0 Å². The minimum atomic E-state index is -0.527. The van der Waals surface area contributed by atoms with E-state index >= 15 is 0 Å². The van der Waals surface area contributed by atoms with Gasteiger partial charge in [-0.2, -0.15) is 0 Å². The fraction of sp³-hybridized carbons (Fsp3) is 0.600. The van der Waals surface area contributed by atoms with Crippen molar-refractivity contribution in [1.29, 1.82) is 0 Å². The molecule has 0 amide bonds. The van der Waals surface area contributed by atoms with Crippen molar-refractivity contribution in [3.63, 3.8) is 0 Å². The van der Waals surface area contributed by atoms with Crippen molar-refractivity contribution >= 4 is 11.6 Å². The van der Waals surface area contributed by atoms with Gasteiger partial charge in [-0.1, -0.05) is 0 Å². The minimum Gasteiger partial charge on any atom is -0.393 e. The van der Waals surface area contributed by atoms with E-state index in [1.54, 1.807) is 0 Å². The topological polar surface area (TPSA) is 101 Å². The van der Waals surface area contributed by atoms with Crippen LogP contribution in [0, 0.1) is 10.1 Å². The zero-order valence-electron chi connectivity index (χ0n) is 9.24. The number of nitro groups is 1. The first-order valence-electron chi connectivity index (χ1n) is 5.56. The lowest BCUT2D eigenvalue weighted by molar-refractivity contribution is -0.385. The number of hydrogen-bond donors (Lipinski definition) is 2. The second-order valence-electron chi connectivity index (χ2n) is 4.17. The van der Waals surface area contributed by atoms with Crippen LogP contribution in [-0.4, -0.2) is 32.1 Å². The molecule has 0 bridgehead atoms. The van der Waals surface area contributed by atoms with Crippen molar-refractivity contribution in [2.75, 3.05) is 5.32 Å². The van der Waals surface area contributed by atoms with E-state index in [1.807, 2.05) is 0 Å². The molecular formula is C10H14N4O3. The molecule has 0 aromatic carbocycles. The maximum atomic E-state index is 10.4. The molecule has 2 N–H and O–H groups in total. The van der Waals surface area contributed by atoms with Gasteiger partial charge in [-0.3, -0.25) is 10.1 Å². The van der Waals surface area contributed by atoms with E-state index in [1.165, 1.54) is 12.4 Å². The summed E-state index contributed by atoms with van der Waals surface area (Å²) in [5.41, 5.74) is -0.116. The summed E-state index contributed by atoms with van der Waals surface area (Å²) in [5, 5.41) is 22.9. The van der Waals surface area contributed by atoms with E-state index in [-0.39, 0.29) is 17.8 Å². The summed E-state index contributed by atoms with van der Waals surface area (Å²) >= 11 is 0. The number of anilines is 1. The Hall–Kier alpha value is -1.76. The van der Waals surface area contributed by atoms with Gasteiger partial charge >= 0.3 is 5.69 Å². The van der Waals surface area contributed by atoms with Gasteiger partial charge in [-0.25, -0.2) is 9.97 Å². The van der Waals surface area contributed by atoms with Gasteiger partial charge in [-0.15, -0.1) is 0 Å². The number of hydrogen-bond acceptors (Lipinski definition) is 6. The molecule has 1 saturated carbocycles. The fourth-order valence-electron chi connectivity index (χ4n) is 1.89. The molecule has 2 rings (SSSR count). The highest BCUT2D eigenvalue weighted by Crippen LogP contribution is 2.21. The van der Waals surface area contributed by atoms with Crippen LogP contribution in [0.1, 0.15) is 25.7 Å². The molecule has 92 valence electrons. The largest absolute Gasteiger partial charge is 0.393 e.